The number of hydrogen-bond donors (Lipinski definition) is 8. The van der Waals surface area contributed by atoms with E-state index in [-0.39, 0.29) is 123 Å². The van der Waals surface area contributed by atoms with E-state index in [4.69, 9.17) is 14.8 Å². The van der Waals surface area contributed by atoms with Crippen LogP contribution in [0.1, 0.15) is 152 Å². The topological polar surface area (TPSA) is 310 Å². The number of aliphatic hydroxyl groups is 1. The number of amides is 4. The van der Waals surface area contributed by atoms with Crippen LogP contribution >= 0.6 is 29.8 Å². The van der Waals surface area contributed by atoms with Crippen molar-refractivity contribution in [3.05, 3.63) is 52.1 Å². The van der Waals surface area contributed by atoms with Gasteiger partial charge < -0.3 is 51.2 Å². The van der Waals surface area contributed by atoms with E-state index in [0.717, 1.165) is 31.4 Å². The smallest absolute Gasteiger partial charge is 0.326 e. The van der Waals surface area contributed by atoms with Crippen LogP contribution in [-0.2, 0) is 72.0 Å². The first-order chi connectivity index (χ1) is 35.0. The first-order valence-corrected chi connectivity index (χ1v) is 29.1. The number of hydrogen-bond acceptors (Lipinski definition) is 17. The molecule has 4 amide bonds. The summed E-state index contributed by atoms with van der Waals surface area (Å²) >= 11 is 0. The van der Waals surface area contributed by atoms with Gasteiger partial charge in [-0.25, -0.2) is 14.8 Å². The number of aliphatic hydroxyl groups excluding tert-OH is 1. The maximum atomic E-state index is 13.1. The molecule has 409 valence electrons. The predicted octanol–water partition coefficient (Wildman–Crippen LogP) is 6.52. The number of anilines is 2. The van der Waals surface area contributed by atoms with Crippen molar-refractivity contribution in [3.8, 4) is 0 Å². The van der Waals surface area contributed by atoms with Gasteiger partial charge in [0.2, 0.25) is 23.7 Å². The van der Waals surface area contributed by atoms with Crippen LogP contribution in [-0.4, -0.2) is 126 Å². The first kappa shape index (κ1) is 64.6. The van der Waals surface area contributed by atoms with E-state index in [1.54, 1.807) is 17.0 Å². The molecular formula is C49H77N10O11PS2Y. The van der Waals surface area contributed by atoms with E-state index >= 15 is 0 Å². The molecule has 1 aromatic carbocycles. The fourth-order valence-electron chi connectivity index (χ4n) is 7.84. The van der Waals surface area contributed by atoms with Gasteiger partial charge in [-0.05, 0) is 89.5 Å². The van der Waals surface area contributed by atoms with E-state index in [1.165, 1.54) is 50.4 Å². The Bertz CT molecular complexity index is 2300. The Hall–Kier alpha value is -3.70. The minimum atomic E-state index is -2.79. The number of nitrogens with two attached hydrogens (primary N) is 1. The average Bonchev–Trinajstić information content (AvgIpc) is 3.74. The summed E-state index contributed by atoms with van der Waals surface area (Å²) in [4.78, 5) is 91.2. The Morgan fingerprint density at radius 1 is 0.919 bits per heavy atom. The van der Waals surface area contributed by atoms with Gasteiger partial charge in [-0.15, -0.1) is 0 Å². The van der Waals surface area contributed by atoms with Gasteiger partial charge in [0.15, 0.2) is 11.2 Å². The molecule has 1 aliphatic rings. The number of carbonyl (C=O) groups excluding carboxylic acids is 4. The third-order valence-corrected chi connectivity index (χ3v) is 16.3. The average molecular weight is 1170 g/mol. The number of aromatic nitrogens is 4. The maximum Gasteiger partial charge on any atom is 0.326 e. The van der Waals surface area contributed by atoms with Crippen LogP contribution < -0.4 is 32.6 Å². The molecule has 4 rings (SSSR count). The number of nitrogen functional groups attached to an aromatic ring is 1. The summed E-state index contributed by atoms with van der Waals surface area (Å²) in [5, 5.41) is 31.4. The SMILES string of the molecule is CCCCCCCSSC(C)(C)CCC(=O)NCCCCCCO[PH](=O)OC[C@@H]1C[C@@H](O)CN1C(=O)CCCCCNC(=O)CC[C@H](NC(=O)c1ccc(NCc2cnc3nc(N)[nH]c(=O)c3n2)cc1)C(=O)O.[Y]. The molecular weight excluding hydrogens is 1090 g/mol. The fourth-order valence-corrected chi connectivity index (χ4v) is 11.3. The Morgan fingerprint density at radius 3 is 2.31 bits per heavy atom. The predicted molar refractivity (Wildman–Crippen MR) is 286 cm³/mol. The number of aromatic amines is 1. The molecule has 25 heteroatoms. The van der Waals surface area contributed by atoms with Gasteiger partial charge in [-0.3, -0.25) is 33.5 Å². The molecule has 2 aromatic heterocycles. The van der Waals surface area contributed by atoms with Gasteiger partial charge in [0.05, 0.1) is 43.8 Å². The van der Waals surface area contributed by atoms with Gasteiger partial charge in [0.1, 0.15) is 6.04 Å². The normalized spacial score (nSPS) is 15.3. The number of carboxylic acids is 1. The molecule has 1 radical (unpaired) electrons. The van der Waals surface area contributed by atoms with Crippen LogP contribution in [0.5, 0.6) is 0 Å². The monoisotopic (exact) mass is 1170 g/mol. The number of nitrogens with zero attached hydrogens (tertiary/aromatic N) is 4. The number of fused-ring (bicyclic) bond motifs is 1. The molecule has 3 aromatic rings. The molecule has 0 saturated carbocycles. The van der Waals surface area contributed by atoms with Crippen molar-refractivity contribution in [3.63, 3.8) is 0 Å². The van der Waals surface area contributed by atoms with E-state index in [2.05, 4.69) is 62.0 Å². The molecule has 0 spiro atoms. The molecule has 1 aliphatic heterocycles. The minimum absolute atomic E-state index is 0. The van der Waals surface area contributed by atoms with E-state index in [9.17, 15) is 43.5 Å². The molecule has 74 heavy (non-hydrogen) atoms. The summed E-state index contributed by atoms with van der Waals surface area (Å²) in [7, 11) is 1.01. The third-order valence-electron chi connectivity index (χ3n) is 12.0. The van der Waals surface area contributed by atoms with Gasteiger partial charge >= 0.3 is 14.2 Å². The summed E-state index contributed by atoms with van der Waals surface area (Å²) in [5.74, 6) is -1.27. The van der Waals surface area contributed by atoms with Crippen molar-refractivity contribution < 1.29 is 80.5 Å². The Balaban J connectivity index is 0.0000144. The molecule has 21 nitrogen and oxygen atoms in total. The van der Waals surface area contributed by atoms with E-state index < -0.39 is 43.9 Å². The van der Waals surface area contributed by atoms with Gasteiger partial charge in [-0.1, -0.05) is 73.5 Å². The number of benzene rings is 1. The summed E-state index contributed by atoms with van der Waals surface area (Å²) in [6.45, 7) is 8.20. The number of likely N-dealkylation sites (tertiary alicyclic amines) is 1. The van der Waals surface area contributed by atoms with Gasteiger partial charge in [0, 0.05) is 93.4 Å². The van der Waals surface area contributed by atoms with Crippen LogP contribution in [0.2, 0.25) is 0 Å². The second kappa shape index (κ2) is 35.6. The fraction of sp³-hybridized carbons (Fsp3) is 0.653. The molecule has 1 unspecified atom stereocenters. The number of rotatable bonds is 37. The summed E-state index contributed by atoms with van der Waals surface area (Å²) in [6.07, 6.45) is 13.8. The summed E-state index contributed by atoms with van der Waals surface area (Å²) < 4.78 is 23.4. The molecule has 0 bridgehead atoms. The third kappa shape index (κ3) is 25.4. The van der Waals surface area contributed by atoms with Crippen LogP contribution in [0.3, 0.4) is 0 Å². The molecule has 1 saturated heterocycles. The molecule has 3 heterocycles. The Labute approximate surface area is 468 Å². The quantitative estimate of drug-likeness (QED) is 0.0173. The molecule has 4 atom stereocenters. The second-order valence-corrected chi connectivity index (χ2v) is 23.0. The maximum absolute atomic E-state index is 13.1. The van der Waals surface area contributed by atoms with Crippen molar-refractivity contribution in [2.24, 2.45) is 0 Å². The number of carboxylic acid groups (broad SMARTS) is 1. The van der Waals surface area contributed by atoms with Gasteiger partial charge in [0.25, 0.3) is 11.5 Å². The zero-order valence-corrected chi connectivity index (χ0v) is 48.6. The first-order valence-electron chi connectivity index (χ1n) is 25.5. The number of β-amino-alcohol motifs (C(OH)–C–C–N with tert-alkyl or cyclic N) is 1. The van der Waals surface area contributed by atoms with Crippen LogP contribution in [0.4, 0.5) is 11.6 Å². The van der Waals surface area contributed by atoms with Crippen molar-refractivity contribution >= 4 is 82.2 Å². The largest absolute Gasteiger partial charge is 0.480 e. The zero-order valence-electron chi connectivity index (χ0n) is 43.1. The standard InChI is InChI=1S/C49H77N10O11PS2.Y/c1-4-5-6-9-15-28-72-73-49(2,3)24-23-41(62)52-25-12-7-8-14-27-69-71(68)70-33-37-29-38(60)32-59(37)42(63)16-11-10-13-26-51-40(61)22-21-39(47(66)67)56-45(64)34-17-19-35(20-18-34)53-30-36-31-54-44-43(55-36)46(65)58-48(50)57-44;/h17-20,31,37-39,53,60,71H,4-16,21-30,32-33H2,1-3H3,(H,51,61)(H,52,62)(H,56,64)(H,66,67)(H3,50,54,57,58,65);/t37-,38+,39-;/m0./s1. The van der Waals surface area contributed by atoms with Crippen molar-refractivity contribution in [2.75, 3.05) is 49.7 Å². The zero-order chi connectivity index (χ0) is 53.0. The summed E-state index contributed by atoms with van der Waals surface area (Å²) in [5.41, 5.74) is 6.49. The van der Waals surface area contributed by atoms with Crippen molar-refractivity contribution in [2.45, 2.75) is 166 Å². The summed E-state index contributed by atoms with van der Waals surface area (Å²) in [6, 6.07) is 4.54. The Kier molecular flexibility index (Phi) is 31.1. The van der Waals surface area contributed by atoms with Crippen molar-refractivity contribution in [1.29, 1.82) is 0 Å². The molecule has 0 aliphatic carbocycles. The van der Waals surface area contributed by atoms with Crippen LogP contribution in [0, 0.1) is 0 Å². The second-order valence-electron chi connectivity index (χ2n) is 18.8. The Morgan fingerprint density at radius 2 is 1.59 bits per heavy atom. The number of nitrogens with one attached hydrogen (secondary N) is 5. The van der Waals surface area contributed by atoms with E-state index in [1.807, 2.05) is 21.6 Å². The number of unbranched alkanes of at least 4 members (excludes halogenated alkanes) is 9. The van der Waals surface area contributed by atoms with Crippen LogP contribution in [0.25, 0.3) is 11.2 Å². The van der Waals surface area contributed by atoms with Crippen LogP contribution in [0.15, 0.2) is 35.3 Å². The minimum Gasteiger partial charge on any atom is -0.480 e. The molecule has 9 N–H and O–H groups in total. The molecule has 1 fully saturated rings. The number of carbonyl (C=O) groups is 5. The van der Waals surface area contributed by atoms with Crippen molar-refractivity contribution in [1.82, 2.24) is 40.8 Å². The number of aliphatic carboxylic acids is 1. The van der Waals surface area contributed by atoms with E-state index in [0.29, 0.717) is 63.0 Å². The number of H-pyrrole nitrogens is 1. The van der Waals surface area contributed by atoms with Gasteiger partial charge in [-0.2, -0.15) is 4.98 Å².